The minimum atomic E-state index is -0.140. The van der Waals surface area contributed by atoms with Crippen LogP contribution in [0.1, 0.15) is 24.8 Å². The number of thioether (sulfide) groups is 2. The normalized spacial score (nSPS) is 20.4. The van der Waals surface area contributed by atoms with E-state index < -0.39 is 0 Å². The molecule has 1 fully saturated rings. The fourth-order valence-electron chi connectivity index (χ4n) is 3.37. The van der Waals surface area contributed by atoms with Crippen molar-refractivity contribution < 1.29 is 4.42 Å². The standard InChI is InChI=1S/C18H17N5O2S2/c24-18-12-8-21-23(17(12)19-10-20-18)11-5-6-26-16(7-11)27-9-15-22-13-3-1-2-4-14(13)25-15/h1-4,8,10-11,16H,5-7,9H2,(H,19,20,24). The van der Waals surface area contributed by atoms with Crippen molar-refractivity contribution in [3.05, 3.63) is 53.0 Å². The minimum Gasteiger partial charge on any atom is -0.440 e. The van der Waals surface area contributed by atoms with E-state index >= 15 is 0 Å². The third-order valence-corrected chi connectivity index (χ3v) is 7.52. The summed E-state index contributed by atoms with van der Waals surface area (Å²) in [5, 5.41) is 4.99. The zero-order valence-corrected chi connectivity index (χ0v) is 16.0. The Labute approximate surface area is 163 Å². The number of oxazole rings is 1. The van der Waals surface area contributed by atoms with E-state index in [4.69, 9.17) is 4.42 Å². The Bertz CT molecular complexity index is 1120. The zero-order chi connectivity index (χ0) is 18.2. The van der Waals surface area contributed by atoms with Gasteiger partial charge in [-0.3, -0.25) is 4.79 Å². The minimum absolute atomic E-state index is 0.140. The van der Waals surface area contributed by atoms with Gasteiger partial charge in [0.25, 0.3) is 5.56 Å². The summed E-state index contributed by atoms with van der Waals surface area (Å²) in [6.45, 7) is 0. The first-order chi connectivity index (χ1) is 13.3. The SMILES string of the molecule is O=c1[nH]cnc2c1cnn2C1CCSC(SCc2nc3ccccc3o2)C1. The average Bonchev–Trinajstić information content (AvgIpc) is 3.31. The number of aromatic amines is 1. The van der Waals surface area contributed by atoms with Crippen LogP contribution in [0.3, 0.4) is 0 Å². The van der Waals surface area contributed by atoms with E-state index in [1.54, 1.807) is 6.20 Å². The molecule has 0 saturated carbocycles. The van der Waals surface area contributed by atoms with Gasteiger partial charge in [-0.25, -0.2) is 14.6 Å². The molecule has 3 aromatic heterocycles. The number of hydrogen-bond acceptors (Lipinski definition) is 7. The van der Waals surface area contributed by atoms with Gasteiger partial charge in [0, 0.05) is 0 Å². The Hall–Kier alpha value is -2.26. The van der Waals surface area contributed by atoms with Crippen LogP contribution in [0, 0.1) is 0 Å². The number of hydrogen-bond donors (Lipinski definition) is 1. The fourth-order valence-corrected chi connectivity index (χ4v) is 6.09. The number of nitrogens with one attached hydrogen (secondary N) is 1. The molecule has 2 unspecified atom stereocenters. The number of aromatic nitrogens is 5. The molecule has 0 bridgehead atoms. The van der Waals surface area contributed by atoms with Crippen LogP contribution in [-0.4, -0.2) is 35.1 Å². The maximum atomic E-state index is 11.9. The highest BCUT2D eigenvalue weighted by atomic mass is 32.2. The highest BCUT2D eigenvalue weighted by molar-refractivity contribution is 8.16. The Kier molecular flexibility index (Phi) is 4.41. The van der Waals surface area contributed by atoms with Crippen molar-refractivity contribution in [3.8, 4) is 0 Å². The van der Waals surface area contributed by atoms with Gasteiger partial charge < -0.3 is 9.40 Å². The third-order valence-electron chi connectivity index (χ3n) is 4.69. The van der Waals surface area contributed by atoms with Crippen LogP contribution in [0.25, 0.3) is 22.1 Å². The first-order valence-corrected chi connectivity index (χ1v) is 10.9. The van der Waals surface area contributed by atoms with Crippen LogP contribution in [0.2, 0.25) is 0 Å². The second-order valence-electron chi connectivity index (χ2n) is 6.42. The third kappa shape index (κ3) is 3.25. The monoisotopic (exact) mass is 399 g/mol. The molecule has 1 N–H and O–H groups in total. The maximum Gasteiger partial charge on any atom is 0.261 e. The van der Waals surface area contributed by atoms with Crippen LogP contribution in [-0.2, 0) is 5.75 Å². The van der Waals surface area contributed by atoms with Gasteiger partial charge in [-0.1, -0.05) is 12.1 Å². The van der Waals surface area contributed by atoms with Crippen molar-refractivity contribution in [2.24, 2.45) is 0 Å². The van der Waals surface area contributed by atoms with Crippen molar-refractivity contribution in [2.75, 3.05) is 5.75 Å². The van der Waals surface area contributed by atoms with E-state index in [1.165, 1.54) is 6.33 Å². The summed E-state index contributed by atoms with van der Waals surface area (Å²) < 4.78 is 8.17. The van der Waals surface area contributed by atoms with Gasteiger partial charge in [0.05, 0.1) is 28.9 Å². The first-order valence-electron chi connectivity index (χ1n) is 8.76. The molecule has 27 heavy (non-hydrogen) atoms. The van der Waals surface area contributed by atoms with Gasteiger partial charge >= 0.3 is 0 Å². The van der Waals surface area contributed by atoms with Gasteiger partial charge in [0.2, 0.25) is 5.89 Å². The summed E-state index contributed by atoms with van der Waals surface area (Å²) in [6, 6.07) is 8.09. The van der Waals surface area contributed by atoms with E-state index in [2.05, 4.69) is 20.1 Å². The van der Waals surface area contributed by atoms with Crippen LogP contribution in [0.4, 0.5) is 0 Å². The lowest BCUT2D eigenvalue weighted by molar-refractivity contribution is 0.430. The van der Waals surface area contributed by atoms with Gasteiger partial charge in [0.1, 0.15) is 10.9 Å². The maximum absolute atomic E-state index is 11.9. The molecule has 1 aromatic carbocycles. The summed E-state index contributed by atoms with van der Waals surface area (Å²) in [4.78, 5) is 23.4. The van der Waals surface area contributed by atoms with Gasteiger partial charge in [-0.05, 0) is 30.7 Å². The van der Waals surface area contributed by atoms with Crippen LogP contribution < -0.4 is 5.56 Å². The topological polar surface area (TPSA) is 89.6 Å². The van der Waals surface area contributed by atoms with Crippen molar-refractivity contribution in [1.82, 2.24) is 24.7 Å². The van der Waals surface area contributed by atoms with E-state index in [9.17, 15) is 4.79 Å². The molecule has 138 valence electrons. The van der Waals surface area contributed by atoms with E-state index in [0.717, 1.165) is 41.3 Å². The average molecular weight is 400 g/mol. The fraction of sp³-hybridized carbons (Fsp3) is 0.333. The molecule has 1 saturated heterocycles. The Morgan fingerprint density at radius 3 is 3.22 bits per heavy atom. The van der Waals surface area contributed by atoms with Crippen molar-refractivity contribution in [1.29, 1.82) is 0 Å². The van der Waals surface area contributed by atoms with Gasteiger partial charge in [-0.15, -0.1) is 23.5 Å². The summed E-state index contributed by atoms with van der Waals surface area (Å²) in [5.41, 5.74) is 2.26. The molecule has 5 rings (SSSR count). The summed E-state index contributed by atoms with van der Waals surface area (Å²) in [5.74, 6) is 2.57. The zero-order valence-electron chi connectivity index (χ0n) is 14.4. The Morgan fingerprint density at radius 2 is 2.30 bits per heavy atom. The van der Waals surface area contributed by atoms with Crippen molar-refractivity contribution in [3.63, 3.8) is 0 Å². The van der Waals surface area contributed by atoms with E-state index in [1.807, 2.05) is 52.5 Å². The highest BCUT2D eigenvalue weighted by Gasteiger charge is 2.26. The number of benzene rings is 1. The summed E-state index contributed by atoms with van der Waals surface area (Å²) in [6.07, 6.45) is 5.06. The molecule has 4 heterocycles. The van der Waals surface area contributed by atoms with Gasteiger partial charge in [-0.2, -0.15) is 5.10 Å². The number of nitrogens with zero attached hydrogens (tertiary/aromatic N) is 4. The molecule has 1 aliphatic rings. The predicted octanol–water partition coefficient (Wildman–Crippen LogP) is 3.59. The Balaban J connectivity index is 1.30. The van der Waals surface area contributed by atoms with E-state index in [0.29, 0.717) is 15.6 Å². The largest absolute Gasteiger partial charge is 0.440 e. The highest BCUT2D eigenvalue weighted by Crippen LogP contribution is 2.40. The molecule has 0 amide bonds. The second kappa shape index (κ2) is 7.05. The summed E-state index contributed by atoms with van der Waals surface area (Å²) in [7, 11) is 0. The molecule has 0 radical (unpaired) electrons. The second-order valence-corrected chi connectivity index (χ2v) is 9.22. The quantitative estimate of drug-likeness (QED) is 0.561. The predicted molar refractivity (Wildman–Crippen MR) is 108 cm³/mol. The number of para-hydroxylation sites is 2. The molecule has 7 nitrogen and oxygen atoms in total. The van der Waals surface area contributed by atoms with Crippen LogP contribution in [0.5, 0.6) is 0 Å². The van der Waals surface area contributed by atoms with Crippen LogP contribution >= 0.6 is 23.5 Å². The number of rotatable bonds is 4. The van der Waals surface area contributed by atoms with Crippen LogP contribution in [0.15, 0.2) is 46.0 Å². The molecule has 1 aliphatic heterocycles. The molecule has 2 atom stereocenters. The van der Waals surface area contributed by atoms with Gasteiger partial charge in [0.15, 0.2) is 11.2 Å². The van der Waals surface area contributed by atoms with Crippen molar-refractivity contribution >= 4 is 45.7 Å². The molecular formula is C18H17N5O2S2. The lowest BCUT2D eigenvalue weighted by Gasteiger charge is -2.28. The number of fused-ring (bicyclic) bond motifs is 2. The molecule has 0 spiro atoms. The van der Waals surface area contributed by atoms with E-state index in [-0.39, 0.29) is 11.6 Å². The smallest absolute Gasteiger partial charge is 0.261 e. The lowest BCUT2D eigenvalue weighted by atomic mass is 10.1. The molecular weight excluding hydrogens is 382 g/mol. The molecule has 4 aromatic rings. The first kappa shape index (κ1) is 16.9. The molecule has 0 aliphatic carbocycles. The lowest BCUT2D eigenvalue weighted by Crippen LogP contribution is -2.21. The number of H-pyrrole nitrogens is 1. The summed E-state index contributed by atoms with van der Waals surface area (Å²) >= 11 is 3.82. The molecule has 9 heteroatoms. The van der Waals surface area contributed by atoms with Crippen molar-refractivity contribution in [2.45, 2.75) is 29.2 Å². The Morgan fingerprint density at radius 1 is 1.37 bits per heavy atom.